The fourth-order valence-electron chi connectivity index (χ4n) is 2.13. The maximum absolute atomic E-state index is 12.0. The highest BCUT2D eigenvalue weighted by Gasteiger charge is 2.13. The average molecular weight is 387 g/mol. The van der Waals surface area contributed by atoms with Crippen molar-refractivity contribution in [1.29, 1.82) is 0 Å². The Bertz CT molecular complexity index is 944. The van der Waals surface area contributed by atoms with Crippen LogP contribution in [0.2, 0.25) is 10.0 Å². The second kappa shape index (κ2) is 7.95. The van der Waals surface area contributed by atoms with Gasteiger partial charge in [0.2, 0.25) is 0 Å². The van der Waals surface area contributed by atoms with Gasteiger partial charge in [0.1, 0.15) is 0 Å². The number of hydrogen-bond acceptors (Lipinski definition) is 4. The second-order valence-electron chi connectivity index (χ2n) is 5.18. The van der Waals surface area contributed by atoms with Crippen LogP contribution in [0.1, 0.15) is 10.4 Å². The molecule has 0 unspecified atom stereocenters. The number of anilines is 1. The Balaban J connectivity index is 1.63. The number of aromatic nitrogens is 2. The van der Waals surface area contributed by atoms with E-state index in [1.165, 1.54) is 18.5 Å². The Hall–Kier alpha value is -2.96. The number of carbonyl (C=O) groups excluding carboxylic acids is 2. The Morgan fingerprint density at radius 2 is 1.62 bits per heavy atom. The first-order valence-electron chi connectivity index (χ1n) is 7.48. The molecular formula is C18H12Cl2N4O2. The van der Waals surface area contributed by atoms with Crippen molar-refractivity contribution in [3.05, 3.63) is 76.5 Å². The second-order valence-corrected chi connectivity index (χ2v) is 6.03. The smallest absolute Gasteiger partial charge is 0.291 e. The van der Waals surface area contributed by atoms with Gasteiger partial charge in [0.15, 0.2) is 5.82 Å². The van der Waals surface area contributed by atoms with Gasteiger partial charge in [-0.05, 0) is 24.3 Å². The number of urea groups is 1. The third kappa shape index (κ3) is 4.36. The molecule has 2 aromatic carbocycles. The van der Waals surface area contributed by atoms with Crippen LogP contribution in [-0.4, -0.2) is 21.9 Å². The maximum Gasteiger partial charge on any atom is 0.327 e. The van der Waals surface area contributed by atoms with Gasteiger partial charge < -0.3 is 0 Å². The lowest BCUT2D eigenvalue weighted by Crippen LogP contribution is -2.34. The summed E-state index contributed by atoms with van der Waals surface area (Å²) in [6.07, 6.45) is 2.90. The number of nitrogens with zero attached hydrogens (tertiary/aromatic N) is 2. The van der Waals surface area contributed by atoms with Crippen molar-refractivity contribution in [2.75, 3.05) is 5.32 Å². The normalized spacial score (nSPS) is 10.2. The Labute approximate surface area is 159 Å². The molecule has 0 aliphatic carbocycles. The van der Waals surface area contributed by atoms with Crippen molar-refractivity contribution >= 4 is 41.0 Å². The first kappa shape index (κ1) is 17.8. The van der Waals surface area contributed by atoms with Crippen LogP contribution in [0.5, 0.6) is 0 Å². The van der Waals surface area contributed by atoms with Gasteiger partial charge in [-0.15, -0.1) is 0 Å². The summed E-state index contributed by atoms with van der Waals surface area (Å²) in [5.74, 6) is -0.411. The molecule has 8 heteroatoms. The van der Waals surface area contributed by atoms with Crippen LogP contribution in [0, 0.1) is 0 Å². The summed E-state index contributed by atoms with van der Waals surface area (Å²) >= 11 is 11.8. The minimum Gasteiger partial charge on any atom is -0.291 e. The molecule has 0 spiro atoms. The highest BCUT2D eigenvalue weighted by atomic mass is 35.5. The molecule has 0 aliphatic heterocycles. The van der Waals surface area contributed by atoms with E-state index < -0.39 is 11.9 Å². The van der Waals surface area contributed by atoms with Crippen molar-refractivity contribution in [3.8, 4) is 11.3 Å². The highest BCUT2D eigenvalue weighted by molar-refractivity contribution is 6.34. The van der Waals surface area contributed by atoms with Gasteiger partial charge in [-0.1, -0.05) is 47.5 Å². The molecule has 0 saturated heterocycles. The molecule has 1 aromatic heterocycles. The molecule has 0 radical (unpaired) electrons. The van der Waals surface area contributed by atoms with Crippen molar-refractivity contribution < 1.29 is 9.59 Å². The van der Waals surface area contributed by atoms with Crippen LogP contribution in [0.25, 0.3) is 11.3 Å². The third-order valence-electron chi connectivity index (χ3n) is 3.38. The molecular weight excluding hydrogens is 375 g/mol. The summed E-state index contributed by atoms with van der Waals surface area (Å²) in [6, 6.07) is 12.8. The lowest BCUT2D eigenvalue weighted by molar-refractivity contribution is 0.0967. The maximum atomic E-state index is 12.0. The standard InChI is InChI=1S/C18H12Cl2N4O2/c19-12-7-5-11(6-8-12)15-9-22-16(10-21-15)23-18(26)24-17(25)13-3-1-2-4-14(13)20/h1-10H,(H2,22,23,24,25,26). The topological polar surface area (TPSA) is 84.0 Å². The first-order chi connectivity index (χ1) is 12.5. The van der Waals surface area contributed by atoms with Gasteiger partial charge in [-0.3, -0.25) is 20.4 Å². The van der Waals surface area contributed by atoms with Crippen LogP contribution < -0.4 is 10.6 Å². The van der Waals surface area contributed by atoms with Crippen molar-refractivity contribution in [2.45, 2.75) is 0 Å². The number of amides is 3. The van der Waals surface area contributed by atoms with Crippen LogP contribution >= 0.6 is 23.2 Å². The van der Waals surface area contributed by atoms with E-state index in [0.29, 0.717) is 10.7 Å². The van der Waals surface area contributed by atoms with E-state index in [-0.39, 0.29) is 16.4 Å². The summed E-state index contributed by atoms with van der Waals surface area (Å²) in [7, 11) is 0. The molecule has 0 saturated carbocycles. The number of halogens is 2. The quantitative estimate of drug-likeness (QED) is 0.697. The fraction of sp³-hybridized carbons (Fsp3) is 0. The van der Waals surface area contributed by atoms with E-state index in [9.17, 15) is 9.59 Å². The minimum absolute atomic E-state index is 0.201. The predicted octanol–water partition coefficient (Wildman–Crippen LogP) is 4.41. The Morgan fingerprint density at radius 1 is 0.885 bits per heavy atom. The molecule has 130 valence electrons. The third-order valence-corrected chi connectivity index (χ3v) is 3.96. The number of carbonyl (C=O) groups is 2. The largest absolute Gasteiger partial charge is 0.327 e. The van der Waals surface area contributed by atoms with Crippen molar-refractivity contribution in [1.82, 2.24) is 15.3 Å². The first-order valence-corrected chi connectivity index (χ1v) is 8.23. The zero-order valence-corrected chi connectivity index (χ0v) is 14.8. The molecule has 26 heavy (non-hydrogen) atoms. The van der Waals surface area contributed by atoms with E-state index in [0.717, 1.165) is 5.56 Å². The van der Waals surface area contributed by atoms with E-state index in [1.807, 2.05) is 12.1 Å². The molecule has 0 aliphatic rings. The van der Waals surface area contributed by atoms with Gasteiger partial charge in [-0.2, -0.15) is 0 Å². The summed E-state index contributed by atoms with van der Waals surface area (Å²) < 4.78 is 0. The minimum atomic E-state index is -0.733. The molecule has 0 fully saturated rings. The van der Waals surface area contributed by atoms with Gasteiger partial charge in [0, 0.05) is 10.6 Å². The van der Waals surface area contributed by atoms with Crippen LogP contribution in [0.3, 0.4) is 0 Å². The molecule has 0 bridgehead atoms. The fourth-order valence-corrected chi connectivity index (χ4v) is 2.47. The van der Waals surface area contributed by atoms with Gasteiger partial charge >= 0.3 is 6.03 Å². The highest BCUT2D eigenvalue weighted by Crippen LogP contribution is 2.19. The van der Waals surface area contributed by atoms with E-state index >= 15 is 0 Å². The van der Waals surface area contributed by atoms with E-state index in [1.54, 1.807) is 30.3 Å². The summed E-state index contributed by atoms with van der Waals surface area (Å²) in [4.78, 5) is 32.3. The lowest BCUT2D eigenvalue weighted by atomic mass is 10.2. The van der Waals surface area contributed by atoms with Crippen molar-refractivity contribution in [2.24, 2.45) is 0 Å². The number of hydrogen-bond donors (Lipinski definition) is 2. The molecule has 1 heterocycles. The lowest BCUT2D eigenvalue weighted by Gasteiger charge is -2.07. The Morgan fingerprint density at radius 3 is 2.27 bits per heavy atom. The molecule has 0 atom stereocenters. The SMILES string of the molecule is O=C(NC(=O)c1ccccc1Cl)Nc1cnc(-c2ccc(Cl)cc2)cn1. The number of benzene rings is 2. The van der Waals surface area contributed by atoms with Gasteiger partial charge in [0.05, 0.1) is 28.7 Å². The molecule has 6 nitrogen and oxygen atoms in total. The molecule has 3 amide bonds. The summed E-state index contributed by atoms with van der Waals surface area (Å²) in [5.41, 5.74) is 1.67. The molecule has 3 aromatic rings. The summed E-state index contributed by atoms with van der Waals surface area (Å²) in [5, 5.41) is 5.50. The van der Waals surface area contributed by atoms with E-state index in [4.69, 9.17) is 23.2 Å². The average Bonchev–Trinajstić information content (AvgIpc) is 2.63. The number of imide groups is 1. The van der Waals surface area contributed by atoms with Crippen LogP contribution in [0.4, 0.5) is 10.6 Å². The zero-order valence-electron chi connectivity index (χ0n) is 13.2. The Kier molecular flexibility index (Phi) is 5.46. The number of rotatable bonds is 3. The van der Waals surface area contributed by atoms with Crippen LogP contribution in [-0.2, 0) is 0 Å². The van der Waals surface area contributed by atoms with Crippen LogP contribution in [0.15, 0.2) is 60.9 Å². The molecule has 2 N–H and O–H groups in total. The predicted molar refractivity (Wildman–Crippen MR) is 100 cm³/mol. The van der Waals surface area contributed by atoms with E-state index in [2.05, 4.69) is 20.6 Å². The van der Waals surface area contributed by atoms with Crippen molar-refractivity contribution in [3.63, 3.8) is 0 Å². The zero-order chi connectivity index (χ0) is 18.5. The molecule has 3 rings (SSSR count). The van der Waals surface area contributed by atoms with Gasteiger partial charge in [-0.25, -0.2) is 9.78 Å². The summed E-state index contributed by atoms with van der Waals surface area (Å²) in [6.45, 7) is 0. The monoisotopic (exact) mass is 386 g/mol. The van der Waals surface area contributed by atoms with Gasteiger partial charge in [0.25, 0.3) is 5.91 Å². The number of nitrogens with one attached hydrogen (secondary N) is 2.